The fourth-order valence-corrected chi connectivity index (χ4v) is 5.41. The van der Waals surface area contributed by atoms with E-state index in [4.69, 9.17) is 14.2 Å². The predicted molar refractivity (Wildman–Crippen MR) is 145 cm³/mol. The van der Waals surface area contributed by atoms with E-state index >= 15 is 0 Å². The molecule has 1 aromatic heterocycles. The van der Waals surface area contributed by atoms with E-state index in [-0.39, 0.29) is 16.7 Å². The first kappa shape index (κ1) is 27.1. The summed E-state index contributed by atoms with van der Waals surface area (Å²) in [5.74, 6) is -0.477. The van der Waals surface area contributed by atoms with Gasteiger partial charge in [-0.15, -0.1) is 0 Å². The van der Waals surface area contributed by atoms with Crippen molar-refractivity contribution < 1.29 is 23.8 Å². The first-order valence-electron chi connectivity index (χ1n) is 12.0. The number of methoxy groups -OCH3 is 2. The number of benzene rings is 2. The molecule has 9 heteroatoms. The minimum Gasteiger partial charge on any atom is -0.493 e. The van der Waals surface area contributed by atoms with Crippen molar-refractivity contribution in [2.24, 2.45) is 4.99 Å². The zero-order valence-corrected chi connectivity index (χ0v) is 23.3. The van der Waals surface area contributed by atoms with Crippen molar-refractivity contribution in [1.82, 2.24) is 4.57 Å². The topological polar surface area (TPSA) is 96.2 Å². The fourth-order valence-electron chi connectivity index (χ4n) is 4.37. The van der Waals surface area contributed by atoms with E-state index in [1.54, 1.807) is 31.2 Å². The van der Waals surface area contributed by atoms with Gasteiger partial charge in [0.2, 0.25) is 0 Å². The molecule has 0 aliphatic carbocycles. The van der Waals surface area contributed by atoms with Crippen molar-refractivity contribution in [3.05, 3.63) is 90.1 Å². The fraction of sp³-hybridized carbons (Fsp3) is 0.310. The largest absolute Gasteiger partial charge is 0.493 e. The minimum atomic E-state index is -0.715. The lowest BCUT2D eigenvalue weighted by atomic mass is 9.85. The number of carbonyl (C=O) groups excluding carboxylic acids is 2. The molecule has 0 bridgehead atoms. The number of carbonyl (C=O) groups is 2. The van der Waals surface area contributed by atoms with Gasteiger partial charge in [-0.25, -0.2) is 9.79 Å². The molecule has 2 heterocycles. The molecule has 0 saturated heterocycles. The maximum atomic E-state index is 13.8. The average molecular weight is 535 g/mol. The summed E-state index contributed by atoms with van der Waals surface area (Å²) in [5.41, 5.74) is 2.80. The lowest BCUT2D eigenvalue weighted by molar-refractivity contribution is -0.136. The van der Waals surface area contributed by atoms with E-state index in [1.807, 2.05) is 24.3 Å². The third-order valence-electron chi connectivity index (χ3n) is 6.28. The lowest BCUT2D eigenvalue weighted by Crippen LogP contribution is -2.39. The maximum Gasteiger partial charge on any atom is 0.338 e. The van der Waals surface area contributed by atoms with Crippen molar-refractivity contribution >= 4 is 29.4 Å². The van der Waals surface area contributed by atoms with E-state index in [1.165, 1.54) is 37.0 Å². The number of nitrogens with zero attached hydrogens (tertiary/aromatic N) is 2. The second-order valence-electron chi connectivity index (χ2n) is 9.92. The predicted octanol–water partition coefficient (Wildman–Crippen LogP) is 3.64. The Hall–Kier alpha value is -3.98. The van der Waals surface area contributed by atoms with Crippen LogP contribution in [-0.2, 0) is 19.7 Å². The van der Waals surface area contributed by atoms with Crippen LogP contribution < -0.4 is 24.4 Å². The van der Waals surface area contributed by atoms with Crippen molar-refractivity contribution in [3.63, 3.8) is 0 Å². The van der Waals surface area contributed by atoms with Crippen molar-refractivity contribution in [2.45, 2.75) is 46.1 Å². The van der Waals surface area contributed by atoms with Gasteiger partial charge in [0.1, 0.15) is 0 Å². The summed E-state index contributed by atoms with van der Waals surface area (Å²) in [4.78, 5) is 43.5. The molecule has 8 nitrogen and oxygen atoms in total. The molecule has 0 saturated carbocycles. The van der Waals surface area contributed by atoms with Crippen LogP contribution in [0.25, 0.3) is 6.08 Å². The summed E-state index contributed by atoms with van der Waals surface area (Å²) in [5, 5.41) is 0. The Labute approximate surface area is 224 Å². The molecular formula is C29H30N2O6S. The van der Waals surface area contributed by atoms with Gasteiger partial charge in [-0.3, -0.25) is 14.2 Å². The molecule has 0 amide bonds. The second-order valence-corrected chi connectivity index (χ2v) is 10.9. The van der Waals surface area contributed by atoms with Gasteiger partial charge in [-0.1, -0.05) is 68.5 Å². The number of ether oxygens (including phenoxy) is 3. The van der Waals surface area contributed by atoms with E-state index in [0.29, 0.717) is 31.9 Å². The maximum absolute atomic E-state index is 13.8. The molecule has 3 aromatic rings. The molecule has 0 spiro atoms. The summed E-state index contributed by atoms with van der Waals surface area (Å²) < 4.78 is 17.7. The number of hydrogen-bond acceptors (Lipinski definition) is 8. The number of hydrogen-bond donors (Lipinski definition) is 0. The zero-order valence-electron chi connectivity index (χ0n) is 22.4. The standard InChI is InChI=1S/C29H30N2O6S/c1-16-23(27(34)36-7)24(18-11-13-20(14-12-18)29(3,4)5)31-26(33)22(38-28(31)30-16)15-19-9-8-10-21(35-6)25(19)37-17(2)32/h8-15,24H,1-7H3. The Kier molecular flexibility index (Phi) is 7.42. The summed E-state index contributed by atoms with van der Waals surface area (Å²) in [6.45, 7) is 9.40. The number of aromatic nitrogens is 1. The van der Waals surface area contributed by atoms with Crippen LogP contribution in [0.1, 0.15) is 57.4 Å². The SMILES string of the molecule is COC(=O)C1=C(C)N=c2sc(=Cc3cccc(OC)c3OC(C)=O)c(=O)n2C1c1ccc(C(C)(C)C)cc1. The number of allylic oxidation sites excluding steroid dienone is 1. The Morgan fingerprint density at radius 2 is 1.76 bits per heavy atom. The van der Waals surface area contributed by atoms with Crippen LogP contribution in [0.5, 0.6) is 11.5 Å². The number of fused-ring (bicyclic) bond motifs is 1. The quantitative estimate of drug-likeness (QED) is 0.366. The molecule has 1 aliphatic rings. The van der Waals surface area contributed by atoms with Gasteiger partial charge in [0.05, 0.1) is 36.1 Å². The highest BCUT2D eigenvalue weighted by Gasteiger charge is 2.33. The summed E-state index contributed by atoms with van der Waals surface area (Å²) >= 11 is 1.19. The van der Waals surface area contributed by atoms with Gasteiger partial charge in [0.25, 0.3) is 5.56 Å². The molecule has 2 aromatic carbocycles. The molecular weight excluding hydrogens is 504 g/mol. The molecule has 1 unspecified atom stereocenters. The van der Waals surface area contributed by atoms with Crippen LogP contribution >= 0.6 is 11.3 Å². The van der Waals surface area contributed by atoms with Gasteiger partial charge in [0, 0.05) is 12.5 Å². The van der Waals surface area contributed by atoms with E-state index in [2.05, 4.69) is 25.8 Å². The van der Waals surface area contributed by atoms with Crippen LogP contribution in [-0.4, -0.2) is 30.7 Å². The van der Waals surface area contributed by atoms with Crippen LogP contribution in [0.4, 0.5) is 0 Å². The summed E-state index contributed by atoms with van der Waals surface area (Å²) in [6, 6.07) is 12.3. The van der Waals surface area contributed by atoms with Crippen LogP contribution in [0, 0.1) is 0 Å². The average Bonchev–Trinajstić information content (AvgIpc) is 3.17. The van der Waals surface area contributed by atoms with Crippen molar-refractivity contribution in [3.8, 4) is 11.5 Å². The highest BCUT2D eigenvalue weighted by Crippen LogP contribution is 2.33. The van der Waals surface area contributed by atoms with Gasteiger partial charge in [0.15, 0.2) is 16.3 Å². The minimum absolute atomic E-state index is 0.0553. The molecule has 0 fully saturated rings. The van der Waals surface area contributed by atoms with Gasteiger partial charge < -0.3 is 14.2 Å². The normalized spacial score (nSPS) is 15.6. The number of rotatable bonds is 5. The van der Waals surface area contributed by atoms with E-state index < -0.39 is 18.0 Å². The highest BCUT2D eigenvalue weighted by atomic mass is 32.1. The van der Waals surface area contributed by atoms with Crippen molar-refractivity contribution in [1.29, 1.82) is 0 Å². The number of para-hydroxylation sites is 1. The molecule has 1 aliphatic heterocycles. The first-order chi connectivity index (χ1) is 18.0. The smallest absolute Gasteiger partial charge is 0.338 e. The van der Waals surface area contributed by atoms with Crippen LogP contribution in [0.15, 0.2) is 63.5 Å². The molecule has 38 heavy (non-hydrogen) atoms. The monoisotopic (exact) mass is 534 g/mol. The Bertz CT molecular complexity index is 1620. The van der Waals surface area contributed by atoms with Crippen molar-refractivity contribution in [2.75, 3.05) is 14.2 Å². The molecule has 4 rings (SSSR count). The first-order valence-corrected chi connectivity index (χ1v) is 12.8. The Morgan fingerprint density at radius 3 is 2.34 bits per heavy atom. The van der Waals surface area contributed by atoms with Crippen LogP contribution in [0.3, 0.4) is 0 Å². The second kappa shape index (κ2) is 10.4. The third kappa shape index (κ3) is 5.06. The van der Waals surface area contributed by atoms with Crippen LogP contribution in [0.2, 0.25) is 0 Å². The van der Waals surface area contributed by atoms with E-state index in [9.17, 15) is 14.4 Å². The summed E-state index contributed by atoms with van der Waals surface area (Å²) in [6.07, 6.45) is 1.64. The zero-order chi connectivity index (χ0) is 27.8. The Balaban J connectivity index is 1.96. The van der Waals surface area contributed by atoms with Gasteiger partial charge in [-0.2, -0.15) is 0 Å². The number of thiazole rings is 1. The summed E-state index contributed by atoms with van der Waals surface area (Å²) in [7, 11) is 2.79. The molecule has 1 atom stereocenters. The van der Waals surface area contributed by atoms with E-state index in [0.717, 1.165) is 11.1 Å². The molecule has 0 radical (unpaired) electrons. The Morgan fingerprint density at radius 1 is 1.08 bits per heavy atom. The third-order valence-corrected chi connectivity index (χ3v) is 7.26. The lowest BCUT2D eigenvalue weighted by Gasteiger charge is -2.25. The highest BCUT2D eigenvalue weighted by molar-refractivity contribution is 7.07. The molecule has 0 N–H and O–H groups in total. The van der Waals surface area contributed by atoms with Gasteiger partial charge in [-0.05, 0) is 35.6 Å². The molecule has 198 valence electrons. The van der Waals surface area contributed by atoms with Gasteiger partial charge >= 0.3 is 11.9 Å². The number of esters is 2.